The summed E-state index contributed by atoms with van der Waals surface area (Å²) >= 11 is 0. The predicted octanol–water partition coefficient (Wildman–Crippen LogP) is 1.15. The molecular formula is C14H26N2O3S. The lowest BCUT2D eigenvalue weighted by atomic mass is 10.1. The van der Waals surface area contributed by atoms with E-state index in [4.69, 9.17) is 0 Å². The highest BCUT2D eigenvalue weighted by Crippen LogP contribution is 2.43. The van der Waals surface area contributed by atoms with Crippen molar-refractivity contribution in [2.75, 3.05) is 12.8 Å². The number of rotatable bonds is 5. The van der Waals surface area contributed by atoms with E-state index < -0.39 is 14.6 Å². The number of carbonyl (C=O) groups is 1. The number of nitrogens with zero attached hydrogens (tertiary/aromatic N) is 1. The van der Waals surface area contributed by atoms with Crippen molar-refractivity contribution in [1.29, 1.82) is 0 Å². The van der Waals surface area contributed by atoms with Crippen LogP contribution in [0.1, 0.15) is 47.0 Å². The zero-order valence-corrected chi connectivity index (χ0v) is 13.9. The molecule has 0 bridgehead atoms. The SMILES string of the molecule is CC(C)CC1NC2(CC2)C(=O)N1CC(C)(C)S(C)(=O)=O. The Kier molecular flexibility index (Phi) is 3.70. The number of hydrogen-bond acceptors (Lipinski definition) is 4. The molecule has 1 unspecified atom stereocenters. The molecule has 0 aromatic rings. The quantitative estimate of drug-likeness (QED) is 0.827. The van der Waals surface area contributed by atoms with Gasteiger partial charge < -0.3 is 4.90 Å². The molecule has 2 rings (SSSR count). The lowest BCUT2D eigenvalue weighted by Crippen LogP contribution is -2.49. The monoisotopic (exact) mass is 302 g/mol. The van der Waals surface area contributed by atoms with E-state index in [1.165, 1.54) is 6.26 Å². The van der Waals surface area contributed by atoms with Gasteiger partial charge in [0.1, 0.15) is 0 Å². The van der Waals surface area contributed by atoms with Gasteiger partial charge in [0.15, 0.2) is 9.84 Å². The fourth-order valence-electron chi connectivity index (χ4n) is 2.70. The topological polar surface area (TPSA) is 66.5 Å². The van der Waals surface area contributed by atoms with Crippen molar-refractivity contribution in [3.05, 3.63) is 0 Å². The van der Waals surface area contributed by atoms with Crippen LogP contribution in [0.15, 0.2) is 0 Å². The maximum absolute atomic E-state index is 12.6. The molecule has 0 radical (unpaired) electrons. The third kappa shape index (κ3) is 2.72. The first kappa shape index (κ1) is 15.8. The van der Waals surface area contributed by atoms with Crippen molar-refractivity contribution in [3.8, 4) is 0 Å². The van der Waals surface area contributed by atoms with Gasteiger partial charge in [-0.3, -0.25) is 10.1 Å². The Labute approximate surface area is 122 Å². The third-order valence-electron chi connectivity index (χ3n) is 4.49. The van der Waals surface area contributed by atoms with Gasteiger partial charge in [-0.2, -0.15) is 0 Å². The molecule has 116 valence electrons. The second kappa shape index (κ2) is 4.70. The number of hydrogen-bond donors (Lipinski definition) is 1. The van der Waals surface area contributed by atoms with Crippen LogP contribution in [0.25, 0.3) is 0 Å². The van der Waals surface area contributed by atoms with Gasteiger partial charge in [0, 0.05) is 12.8 Å². The molecule has 1 aliphatic carbocycles. The van der Waals surface area contributed by atoms with Crippen molar-refractivity contribution >= 4 is 15.7 Å². The Morgan fingerprint density at radius 3 is 2.35 bits per heavy atom. The first-order chi connectivity index (χ1) is 8.98. The Morgan fingerprint density at radius 2 is 1.95 bits per heavy atom. The zero-order valence-electron chi connectivity index (χ0n) is 13.1. The Morgan fingerprint density at radius 1 is 1.40 bits per heavy atom. The summed E-state index contributed by atoms with van der Waals surface area (Å²) in [4.78, 5) is 14.3. The molecule has 1 aliphatic heterocycles. The molecular weight excluding hydrogens is 276 g/mol. The van der Waals surface area contributed by atoms with E-state index in [2.05, 4.69) is 19.2 Å². The molecule has 1 spiro atoms. The minimum Gasteiger partial charge on any atom is -0.324 e. The highest BCUT2D eigenvalue weighted by Gasteiger charge is 2.59. The van der Waals surface area contributed by atoms with Gasteiger partial charge in [0.05, 0.1) is 16.5 Å². The second-order valence-corrected chi connectivity index (χ2v) is 9.99. The zero-order chi connectivity index (χ0) is 15.3. The summed E-state index contributed by atoms with van der Waals surface area (Å²) in [6, 6.07) is 0. The largest absolute Gasteiger partial charge is 0.324 e. The van der Waals surface area contributed by atoms with Gasteiger partial charge in [0.2, 0.25) is 5.91 Å². The van der Waals surface area contributed by atoms with Gasteiger partial charge in [-0.1, -0.05) is 13.8 Å². The number of sulfone groups is 1. The molecule has 1 atom stereocenters. The van der Waals surface area contributed by atoms with E-state index >= 15 is 0 Å². The average molecular weight is 302 g/mol. The van der Waals surface area contributed by atoms with Crippen LogP contribution in [0.3, 0.4) is 0 Å². The van der Waals surface area contributed by atoms with E-state index in [1.54, 1.807) is 18.7 Å². The van der Waals surface area contributed by atoms with E-state index in [0.717, 1.165) is 19.3 Å². The molecule has 2 fully saturated rings. The number of amides is 1. The summed E-state index contributed by atoms with van der Waals surface area (Å²) in [5.41, 5.74) is -0.382. The molecule has 20 heavy (non-hydrogen) atoms. The van der Waals surface area contributed by atoms with Crippen molar-refractivity contribution in [2.45, 2.75) is 63.4 Å². The minimum atomic E-state index is -3.20. The number of carbonyl (C=O) groups excluding carboxylic acids is 1. The number of nitrogens with one attached hydrogen (secondary N) is 1. The Balaban J connectivity index is 2.21. The van der Waals surface area contributed by atoms with Crippen LogP contribution in [-0.4, -0.2) is 48.5 Å². The van der Waals surface area contributed by atoms with Crippen LogP contribution in [0, 0.1) is 5.92 Å². The molecule has 1 N–H and O–H groups in total. The van der Waals surface area contributed by atoms with Gasteiger partial charge in [-0.05, 0) is 39.0 Å². The van der Waals surface area contributed by atoms with E-state index in [9.17, 15) is 13.2 Å². The molecule has 2 aliphatic rings. The van der Waals surface area contributed by atoms with Crippen LogP contribution in [0.2, 0.25) is 0 Å². The fraction of sp³-hybridized carbons (Fsp3) is 0.929. The summed E-state index contributed by atoms with van der Waals surface area (Å²) in [5, 5.41) is 3.43. The lowest BCUT2D eigenvalue weighted by molar-refractivity contribution is -0.131. The highest BCUT2D eigenvalue weighted by atomic mass is 32.2. The van der Waals surface area contributed by atoms with E-state index in [0.29, 0.717) is 5.92 Å². The normalized spacial score (nSPS) is 25.8. The van der Waals surface area contributed by atoms with E-state index in [-0.39, 0.29) is 24.2 Å². The minimum absolute atomic E-state index is 0.0361. The van der Waals surface area contributed by atoms with Crippen molar-refractivity contribution in [2.24, 2.45) is 5.92 Å². The fourth-order valence-corrected chi connectivity index (χ4v) is 3.07. The summed E-state index contributed by atoms with van der Waals surface area (Å²) in [6.45, 7) is 7.88. The molecule has 1 amide bonds. The van der Waals surface area contributed by atoms with Gasteiger partial charge in [-0.25, -0.2) is 8.42 Å². The highest BCUT2D eigenvalue weighted by molar-refractivity contribution is 7.92. The van der Waals surface area contributed by atoms with Crippen molar-refractivity contribution in [1.82, 2.24) is 10.2 Å². The van der Waals surface area contributed by atoms with Gasteiger partial charge in [0.25, 0.3) is 0 Å². The summed E-state index contributed by atoms with van der Waals surface area (Å²) in [5.74, 6) is 0.540. The van der Waals surface area contributed by atoms with Gasteiger partial charge in [-0.15, -0.1) is 0 Å². The summed E-state index contributed by atoms with van der Waals surface area (Å²) in [6.07, 6.45) is 3.80. The van der Waals surface area contributed by atoms with Crippen LogP contribution in [0.5, 0.6) is 0 Å². The third-order valence-corrected chi connectivity index (χ3v) is 6.63. The summed E-state index contributed by atoms with van der Waals surface area (Å²) < 4.78 is 22.9. The van der Waals surface area contributed by atoms with Gasteiger partial charge >= 0.3 is 0 Å². The molecule has 0 aromatic carbocycles. The standard InChI is InChI=1S/C14H26N2O3S/c1-10(2)8-11-15-14(6-7-14)12(17)16(11)9-13(3,4)20(5,18)19/h10-11,15H,6-9H2,1-5H3. The molecule has 1 heterocycles. The molecule has 6 heteroatoms. The van der Waals surface area contributed by atoms with Crippen LogP contribution in [0.4, 0.5) is 0 Å². The predicted molar refractivity (Wildman–Crippen MR) is 79.0 cm³/mol. The van der Waals surface area contributed by atoms with E-state index in [1.807, 2.05) is 0 Å². The van der Waals surface area contributed by atoms with Crippen LogP contribution < -0.4 is 5.32 Å². The van der Waals surface area contributed by atoms with Crippen molar-refractivity contribution in [3.63, 3.8) is 0 Å². The molecule has 1 saturated carbocycles. The van der Waals surface area contributed by atoms with Crippen LogP contribution >= 0.6 is 0 Å². The second-order valence-electron chi connectivity index (χ2n) is 7.34. The van der Waals surface area contributed by atoms with Crippen molar-refractivity contribution < 1.29 is 13.2 Å². The maximum atomic E-state index is 12.6. The first-order valence-electron chi connectivity index (χ1n) is 7.27. The Bertz CT molecular complexity index is 507. The molecule has 0 aromatic heterocycles. The lowest BCUT2D eigenvalue weighted by Gasteiger charge is -2.32. The molecule has 5 nitrogen and oxygen atoms in total. The smallest absolute Gasteiger partial charge is 0.244 e. The first-order valence-corrected chi connectivity index (χ1v) is 9.16. The Hall–Kier alpha value is -0.620. The maximum Gasteiger partial charge on any atom is 0.244 e. The summed E-state index contributed by atoms with van der Waals surface area (Å²) in [7, 11) is -3.20. The average Bonchev–Trinajstić information content (AvgIpc) is 2.98. The van der Waals surface area contributed by atoms with Crippen LogP contribution in [-0.2, 0) is 14.6 Å². The molecule has 1 saturated heterocycles.